The summed E-state index contributed by atoms with van der Waals surface area (Å²) in [6, 6.07) is 3.50. The molecule has 2 aliphatic rings. The molecule has 1 aromatic rings. The van der Waals surface area contributed by atoms with Gasteiger partial charge in [-0.25, -0.2) is 4.99 Å². The predicted octanol–water partition coefficient (Wildman–Crippen LogP) is 0.849. The molecule has 0 bridgehead atoms. The van der Waals surface area contributed by atoms with Gasteiger partial charge in [-0.1, -0.05) is 0 Å². The monoisotopic (exact) mass is 378 g/mol. The van der Waals surface area contributed by atoms with Gasteiger partial charge in [-0.3, -0.25) is 4.79 Å². The van der Waals surface area contributed by atoms with E-state index in [1.54, 1.807) is 18.4 Å². The van der Waals surface area contributed by atoms with Crippen LogP contribution in [0.1, 0.15) is 31.6 Å². The minimum atomic E-state index is -0.755. The molecular formula is C19H30N4O4. The van der Waals surface area contributed by atoms with E-state index in [4.69, 9.17) is 9.15 Å². The number of morpholine rings is 1. The Morgan fingerprint density at radius 2 is 2.04 bits per heavy atom. The molecule has 1 atom stereocenters. The molecule has 3 heterocycles. The summed E-state index contributed by atoms with van der Waals surface area (Å²) in [4.78, 5) is 21.3. The molecule has 2 fully saturated rings. The molecule has 3 rings (SSSR count). The number of aliphatic hydroxyl groups is 1. The molecule has 0 saturated carbocycles. The molecule has 2 N–H and O–H groups in total. The van der Waals surface area contributed by atoms with Crippen LogP contribution < -0.4 is 5.32 Å². The van der Waals surface area contributed by atoms with Crippen LogP contribution in [0.2, 0.25) is 0 Å². The molecule has 0 aromatic carbocycles. The van der Waals surface area contributed by atoms with E-state index in [0.717, 1.165) is 38.4 Å². The largest absolute Gasteiger partial charge is 0.467 e. The Morgan fingerprint density at radius 3 is 2.67 bits per heavy atom. The van der Waals surface area contributed by atoms with Gasteiger partial charge in [-0.2, -0.15) is 0 Å². The Balaban J connectivity index is 1.53. The second-order valence-corrected chi connectivity index (χ2v) is 6.92. The summed E-state index contributed by atoms with van der Waals surface area (Å²) >= 11 is 0. The highest BCUT2D eigenvalue weighted by atomic mass is 16.5. The number of aliphatic imine (C=N–C) groups is 1. The normalized spacial score (nSPS) is 20.6. The maximum absolute atomic E-state index is 12.7. The van der Waals surface area contributed by atoms with E-state index in [0.29, 0.717) is 32.1 Å². The number of aliphatic hydroxyl groups excluding tert-OH is 1. The lowest BCUT2D eigenvalue weighted by Gasteiger charge is -2.36. The average molecular weight is 378 g/mol. The van der Waals surface area contributed by atoms with E-state index in [1.807, 2.05) is 11.8 Å². The number of amides is 1. The van der Waals surface area contributed by atoms with Gasteiger partial charge in [0.25, 0.3) is 0 Å². The number of hydrogen-bond acceptors (Lipinski definition) is 5. The quantitative estimate of drug-likeness (QED) is 0.583. The summed E-state index contributed by atoms with van der Waals surface area (Å²) in [5, 5.41) is 13.5. The zero-order valence-electron chi connectivity index (χ0n) is 16.0. The van der Waals surface area contributed by atoms with Crippen LogP contribution in [0, 0.1) is 5.92 Å². The van der Waals surface area contributed by atoms with Gasteiger partial charge in [0.15, 0.2) is 5.96 Å². The summed E-state index contributed by atoms with van der Waals surface area (Å²) in [5.74, 6) is 1.63. The van der Waals surface area contributed by atoms with Crippen LogP contribution >= 0.6 is 0 Å². The van der Waals surface area contributed by atoms with Gasteiger partial charge < -0.3 is 29.4 Å². The van der Waals surface area contributed by atoms with Crippen molar-refractivity contribution in [2.75, 3.05) is 52.5 Å². The van der Waals surface area contributed by atoms with Gasteiger partial charge in [0.2, 0.25) is 5.91 Å². The SMILES string of the molecule is CCNC(=NCC(O)c1ccco1)N1CCC(C(=O)N2CCOCC2)CC1. The van der Waals surface area contributed by atoms with Crippen LogP contribution in [-0.4, -0.2) is 79.3 Å². The predicted molar refractivity (Wildman–Crippen MR) is 101 cm³/mol. The third-order valence-corrected chi connectivity index (χ3v) is 5.09. The zero-order chi connectivity index (χ0) is 19.1. The molecule has 1 amide bonds. The summed E-state index contributed by atoms with van der Waals surface area (Å²) in [6.07, 6.45) is 2.43. The Bertz CT molecular complexity index is 605. The van der Waals surface area contributed by atoms with Crippen LogP contribution in [0.25, 0.3) is 0 Å². The second-order valence-electron chi connectivity index (χ2n) is 6.92. The van der Waals surface area contributed by atoms with Crippen LogP contribution in [0.3, 0.4) is 0 Å². The van der Waals surface area contributed by atoms with Crippen LogP contribution in [0.15, 0.2) is 27.8 Å². The van der Waals surface area contributed by atoms with E-state index in [1.165, 1.54) is 0 Å². The third kappa shape index (κ3) is 5.23. The van der Waals surface area contributed by atoms with Crippen molar-refractivity contribution >= 4 is 11.9 Å². The number of nitrogens with one attached hydrogen (secondary N) is 1. The highest BCUT2D eigenvalue weighted by Gasteiger charge is 2.30. The minimum absolute atomic E-state index is 0.0796. The Labute approximate surface area is 160 Å². The standard InChI is InChI=1S/C19H30N4O4/c1-2-20-19(21-14-16(24)17-4-3-11-27-17)23-7-5-15(6-8-23)18(25)22-9-12-26-13-10-22/h3-4,11,15-16,24H,2,5-10,12-14H2,1H3,(H,20,21). The Hall–Kier alpha value is -2.06. The maximum atomic E-state index is 12.7. The fraction of sp³-hybridized carbons (Fsp3) is 0.684. The smallest absolute Gasteiger partial charge is 0.225 e. The number of furan rings is 1. The van der Waals surface area contributed by atoms with Crippen LogP contribution in [-0.2, 0) is 9.53 Å². The number of carbonyl (C=O) groups excluding carboxylic acids is 1. The van der Waals surface area contributed by atoms with Gasteiger partial charge in [-0.05, 0) is 31.9 Å². The van der Waals surface area contributed by atoms with Gasteiger partial charge in [0.05, 0.1) is 26.0 Å². The molecule has 2 saturated heterocycles. The molecule has 0 spiro atoms. The number of ether oxygens (including phenoxy) is 1. The van der Waals surface area contributed by atoms with Gasteiger partial charge in [-0.15, -0.1) is 0 Å². The highest BCUT2D eigenvalue weighted by Crippen LogP contribution is 2.21. The van der Waals surface area contributed by atoms with Crippen molar-refractivity contribution in [1.82, 2.24) is 15.1 Å². The lowest BCUT2D eigenvalue weighted by molar-refractivity contribution is -0.140. The molecule has 1 aromatic heterocycles. The molecule has 0 radical (unpaired) electrons. The number of rotatable bonds is 5. The molecule has 1 unspecified atom stereocenters. The number of guanidine groups is 1. The molecular weight excluding hydrogens is 348 g/mol. The van der Waals surface area contributed by atoms with Crippen molar-refractivity contribution in [2.24, 2.45) is 10.9 Å². The lowest BCUT2D eigenvalue weighted by Crippen LogP contribution is -2.50. The average Bonchev–Trinajstić information content (AvgIpc) is 3.26. The van der Waals surface area contributed by atoms with Crippen LogP contribution in [0.4, 0.5) is 0 Å². The molecule has 0 aliphatic carbocycles. The van der Waals surface area contributed by atoms with Crippen molar-refractivity contribution in [3.05, 3.63) is 24.2 Å². The zero-order valence-corrected chi connectivity index (χ0v) is 16.0. The second kappa shape index (κ2) is 9.75. The molecule has 27 heavy (non-hydrogen) atoms. The fourth-order valence-electron chi connectivity index (χ4n) is 3.55. The van der Waals surface area contributed by atoms with Gasteiger partial charge in [0, 0.05) is 38.6 Å². The first-order chi connectivity index (χ1) is 13.2. The topological polar surface area (TPSA) is 90.5 Å². The molecule has 150 valence electrons. The lowest BCUT2D eigenvalue weighted by atomic mass is 9.95. The summed E-state index contributed by atoms with van der Waals surface area (Å²) in [5.41, 5.74) is 0. The third-order valence-electron chi connectivity index (χ3n) is 5.09. The van der Waals surface area contributed by atoms with E-state index in [-0.39, 0.29) is 18.4 Å². The van der Waals surface area contributed by atoms with Gasteiger partial charge >= 0.3 is 0 Å². The maximum Gasteiger partial charge on any atom is 0.225 e. The fourth-order valence-corrected chi connectivity index (χ4v) is 3.55. The highest BCUT2D eigenvalue weighted by molar-refractivity contribution is 5.82. The number of hydrogen-bond donors (Lipinski definition) is 2. The summed E-state index contributed by atoms with van der Waals surface area (Å²) in [6.45, 7) is 7.26. The number of likely N-dealkylation sites (tertiary alicyclic amines) is 1. The first-order valence-electron chi connectivity index (χ1n) is 9.80. The first-order valence-corrected chi connectivity index (χ1v) is 9.80. The number of piperidine rings is 1. The van der Waals surface area contributed by atoms with Gasteiger partial charge in [0.1, 0.15) is 11.9 Å². The first kappa shape index (κ1) is 19.7. The van der Waals surface area contributed by atoms with E-state index < -0.39 is 6.10 Å². The summed E-state index contributed by atoms with van der Waals surface area (Å²) in [7, 11) is 0. The van der Waals surface area contributed by atoms with Crippen molar-refractivity contribution in [3.63, 3.8) is 0 Å². The van der Waals surface area contributed by atoms with Crippen molar-refractivity contribution in [1.29, 1.82) is 0 Å². The van der Waals surface area contributed by atoms with Crippen LogP contribution in [0.5, 0.6) is 0 Å². The minimum Gasteiger partial charge on any atom is -0.467 e. The summed E-state index contributed by atoms with van der Waals surface area (Å²) < 4.78 is 10.6. The molecule has 8 nitrogen and oxygen atoms in total. The van der Waals surface area contributed by atoms with E-state index >= 15 is 0 Å². The number of nitrogens with zero attached hydrogens (tertiary/aromatic N) is 3. The molecule has 2 aliphatic heterocycles. The molecule has 8 heteroatoms. The van der Waals surface area contributed by atoms with E-state index in [2.05, 4.69) is 15.2 Å². The number of carbonyl (C=O) groups is 1. The van der Waals surface area contributed by atoms with Crippen molar-refractivity contribution in [2.45, 2.75) is 25.9 Å². The Morgan fingerprint density at radius 1 is 1.30 bits per heavy atom. The van der Waals surface area contributed by atoms with Crippen molar-refractivity contribution in [3.8, 4) is 0 Å². The Kier molecular flexibility index (Phi) is 7.11. The van der Waals surface area contributed by atoms with Crippen molar-refractivity contribution < 1.29 is 19.1 Å². The van der Waals surface area contributed by atoms with E-state index in [9.17, 15) is 9.90 Å².